The molecule has 1 aliphatic rings. The Kier molecular flexibility index (Phi) is 11.2. The van der Waals surface area contributed by atoms with E-state index in [4.69, 9.17) is 0 Å². The molecule has 0 aliphatic heterocycles. The Bertz CT molecular complexity index is 1420. The number of halogens is 1. The zero-order valence-corrected chi connectivity index (χ0v) is 26.7. The molecule has 7 nitrogen and oxygen atoms in total. The first-order valence-electron chi connectivity index (χ1n) is 14.6. The summed E-state index contributed by atoms with van der Waals surface area (Å²) in [7, 11) is -3.79. The summed E-state index contributed by atoms with van der Waals surface area (Å²) in [5.74, 6) is -0.656. The van der Waals surface area contributed by atoms with E-state index in [0.29, 0.717) is 12.1 Å². The van der Waals surface area contributed by atoms with Crippen molar-refractivity contribution in [3.63, 3.8) is 0 Å². The highest BCUT2D eigenvalue weighted by Crippen LogP contribution is 2.23. The van der Waals surface area contributed by atoms with Gasteiger partial charge in [0.05, 0.1) is 11.9 Å². The lowest BCUT2D eigenvalue weighted by molar-refractivity contribution is -0.140. The zero-order valence-electron chi connectivity index (χ0n) is 24.3. The summed E-state index contributed by atoms with van der Waals surface area (Å²) in [6, 6.07) is 23.7. The molecule has 1 N–H and O–H groups in total. The van der Waals surface area contributed by atoms with Crippen LogP contribution in [0, 0.1) is 0 Å². The Labute approximate surface area is 258 Å². The van der Waals surface area contributed by atoms with Gasteiger partial charge in [-0.25, -0.2) is 8.42 Å². The fraction of sp³-hybridized carbons (Fsp3) is 0.394. The fourth-order valence-electron chi connectivity index (χ4n) is 5.40. The summed E-state index contributed by atoms with van der Waals surface area (Å²) in [4.78, 5) is 29.8. The van der Waals surface area contributed by atoms with Crippen molar-refractivity contribution in [1.82, 2.24) is 10.2 Å². The molecule has 0 heterocycles. The third kappa shape index (κ3) is 8.91. The highest BCUT2D eigenvalue weighted by molar-refractivity contribution is 9.10. The molecule has 4 rings (SSSR count). The first-order valence-corrected chi connectivity index (χ1v) is 17.2. The molecule has 224 valence electrons. The van der Waals surface area contributed by atoms with Gasteiger partial charge in [0, 0.05) is 23.5 Å². The van der Waals surface area contributed by atoms with E-state index in [0.717, 1.165) is 70.2 Å². The van der Waals surface area contributed by atoms with Crippen molar-refractivity contribution in [3.05, 3.63) is 100 Å². The van der Waals surface area contributed by atoms with Gasteiger partial charge in [0.1, 0.15) is 12.6 Å². The van der Waals surface area contributed by atoms with Crippen LogP contribution >= 0.6 is 15.9 Å². The first-order chi connectivity index (χ1) is 20.1. The Morgan fingerprint density at radius 2 is 1.50 bits per heavy atom. The first kappa shape index (κ1) is 31.8. The van der Waals surface area contributed by atoms with E-state index < -0.39 is 28.5 Å². The van der Waals surface area contributed by atoms with Crippen LogP contribution < -0.4 is 9.62 Å². The molecule has 0 unspecified atom stereocenters. The smallest absolute Gasteiger partial charge is 0.244 e. The van der Waals surface area contributed by atoms with Crippen LogP contribution in [0.25, 0.3) is 0 Å². The topological polar surface area (TPSA) is 86.8 Å². The number of rotatable bonds is 12. The molecule has 9 heteroatoms. The van der Waals surface area contributed by atoms with Crippen molar-refractivity contribution in [1.29, 1.82) is 0 Å². The lowest BCUT2D eigenvalue weighted by Gasteiger charge is -2.35. The molecule has 0 aromatic heterocycles. The van der Waals surface area contributed by atoms with E-state index in [1.165, 1.54) is 0 Å². The predicted octanol–water partition coefficient (Wildman–Crippen LogP) is 5.87. The summed E-state index contributed by atoms with van der Waals surface area (Å²) >= 11 is 3.46. The predicted molar refractivity (Wildman–Crippen MR) is 172 cm³/mol. The van der Waals surface area contributed by atoms with Crippen LogP contribution in [0.3, 0.4) is 0 Å². The van der Waals surface area contributed by atoms with Gasteiger partial charge in [-0.1, -0.05) is 96.7 Å². The van der Waals surface area contributed by atoms with E-state index in [1.807, 2.05) is 73.7 Å². The molecule has 0 spiro atoms. The third-order valence-electron chi connectivity index (χ3n) is 7.80. The molecule has 0 radical (unpaired) electrons. The minimum absolute atomic E-state index is 0.0683. The average Bonchev–Trinajstić information content (AvgIpc) is 2.99. The number of aryl methyl sites for hydroxylation is 1. The molecule has 1 aliphatic carbocycles. The van der Waals surface area contributed by atoms with Crippen molar-refractivity contribution in [2.45, 2.75) is 70.5 Å². The van der Waals surface area contributed by atoms with Gasteiger partial charge >= 0.3 is 0 Å². The maximum atomic E-state index is 14.2. The quantitative estimate of drug-likeness (QED) is 0.265. The number of nitrogens with zero attached hydrogens (tertiary/aromatic N) is 2. The zero-order chi connectivity index (χ0) is 30.1. The van der Waals surface area contributed by atoms with E-state index >= 15 is 0 Å². The molecule has 3 aromatic rings. The Balaban J connectivity index is 1.70. The molecule has 3 aromatic carbocycles. The Morgan fingerprint density at radius 1 is 0.881 bits per heavy atom. The molecule has 1 fully saturated rings. The SMILES string of the molecule is CCc1ccc(N(CC(=O)N(Cc2ccc(Br)cc2)[C@H](Cc2ccccc2)C(=O)NC2CCCCC2)S(C)(=O)=O)cc1. The van der Waals surface area contributed by atoms with Gasteiger partial charge in [0.25, 0.3) is 0 Å². The monoisotopic (exact) mass is 653 g/mol. The molecular formula is C33H40BrN3O4S. The van der Waals surface area contributed by atoms with E-state index in [2.05, 4.69) is 21.2 Å². The summed E-state index contributed by atoms with van der Waals surface area (Å²) in [6.45, 7) is 1.77. The Hall–Kier alpha value is -3.17. The number of hydrogen-bond donors (Lipinski definition) is 1. The van der Waals surface area contributed by atoms with Crippen LogP contribution in [0.15, 0.2) is 83.3 Å². The van der Waals surface area contributed by atoms with Crippen LogP contribution in [0.4, 0.5) is 5.69 Å². The number of anilines is 1. The number of sulfonamides is 1. The van der Waals surface area contributed by atoms with Gasteiger partial charge in [0.15, 0.2) is 0 Å². The minimum atomic E-state index is -3.79. The summed E-state index contributed by atoms with van der Waals surface area (Å²) in [5.41, 5.74) is 3.24. The second kappa shape index (κ2) is 14.8. The second-order valence-corrected chi connectivity index (χ2v) is 13.8. The van der Waals surface area contributed by atoms with Crippen molar-refractivity contribution in [3.8, 4) is 0 Å². The van der Waals surface area contributed by atoms with Crippen LogP contribution in [0.5, 0.6) is 0 Å². The van der Waals surface area contributed by atoms with Crippen LogP contribution in [-0.4, -0.2) is 50.0 Å². The molecule has 42 heavy (non-hydrogen) atoms. The van der Waals surface area contributed by atoms with Crippen LogP contribution in [0.2, 0.25) is 0 Å². The number of carbonyl (C=O) groups excluding carboxylic acids is 2. The van der Waals surface area contributed by atoms with Gasteiger partial charge in [-0.2, -0.15) is 0 Å². The molecule has 1 atom stereocenters. The maximum Gasteiger partial charge on any atom is 0.244 e. The number of nitrogens with one attached hydrogen (secondary N) is 1. The average molecular weight is 655 g/mol. The number of amides is 2. The Morgan fingerprint density at radius 3 is 2.10 bits per heavy atom. The van der Waals surface area contributed by atoms with Crippen molar-refractivity contribution in [2.24, 2.45) is 0 Å². The van der Waals surface area contributed by atoms with Gasteiger partial charge in [0.2, 0.25) is 21.8 Å². The molecule has 0 bridgehead atoms. The summed E-state index contributed by atoms with van der Waals surface area (Å²) in [5, 5.41) is 3.23. The third-order valence-corrected chi connectivity index (χ3v) is 9.47. The fourth-order valence-corrected chi connectivity index (χ4v) is 6.51. The van der Waals surface area contributed by atoms with E-state index in [-0.39, 0.29) is 18.5 Å². The van der Waals surface area contributed by atoms with Crippen LogP contribution in [0.1, 0.15) is 55.7 Å². The van der Waals surface area contributed by atoms with Gasteiger partial charge in [-0.15, -0.1) is 0 Å². The van der Waals surface area contributed by atoms with Crippen molar-refractivity contribution < 1.29 is 18.0 Å². The molecule has 0 saturated heterocycles. The van der Waals surface area contributed by atoms with Crippen molar-refractivity contribution >= 4 is 43.5 Å². The molecule has 1 saturated carbocycles. The molecule has 2 amide bonds. The largest absolute Gasteiger partial charge is 0.352 e. The van der Waals surface area contributed by atoms with Gasteiger partial charge in [-0.3, -0.25) is 13.9 Å². The normalized spacial score (nSPS) is 14.6. The van der Waals surface area contributed by atoms with Crippen molar-refractivity contribution in [2.75, 3.05) is 17.1 Å². The highest BCUT2D eigenvalue weighted by Gasteiger charge is 2.34. The second-order valence-electron chi connectivity index (χ2n) is 11.0. The lowest BCUT2D eigenvalue weighted by Crippen LogP contribution is -2.55. The summed E-state index contributed by atoms with van der Waals surface area (Å²) in [6.07, 6.45) is 7.35. The van der Waals surface area contributed by atoms with Crippen LogP contribution in [-0.2, 0) is 39.0 Å². The highest BCUT2D eigenvalue weighted by atomic mass is 79.9. The van der Waals surface area contributed by atoms with E-state index in [9.17, 15) is 18.0 Å². The number of carbonyl (C=O) groups is 2. The standard InChI is InChI=1S/C33H40BrN3O4S/c1-3-25-16-20-30(21-17-25)37(42(2,40)41)24-32(38)36(23-27-14-18-28(34)19-15-27)31(22-26-10-6-4-7-11-26)33(39)35-29-12-8-5-9-13-29/h4,6-7,10-11,14-21,29,31H,3,5,8-9,12-13,22-24H2,1-2H3,(H,35,39)/t31-/m1/s1. The number of hydrogen-bond acceptors (Lipinski definition) is 4. The van der Waals surface area contributed by atoms with Gasteiger partial charge in [-0.05, 0) is 60.2 Å². The van der Waals surface area contributed by atoms with E-state index in [1.54, 1.807) is 17.0 Å². The molecular weight excluding hydrogens is 614 g/mol. The minimum Gasteiger partial charge on any atom is -0.352 e. The maximum absolute atomic E-state index is 14.2. The number of benzene rings is 3. The summed E-state index contributed by atoms with van der Waals surface area (Å²) < 4.78 is 28.0. The lowest BCUT2D eigenvalue weighted by atomic mass is 9.94. The van der Waals surface area contributed by atoms with Gasteiger partial charge < -0.3 is 10.2 Å².